The van der Waals surface area contributed by atoms with E-state index in [1.165, 1.54) is 0 Å². The molecule has 0 spiro atoms. The predicted molar refractivity (Wildman–Crippen MR) is 143 cm³/mol. The molecule has 0 unspecified atom stereocenters. The smallest absolute Gasteiger partial charge is 0.228 e. The van der Waals surface area contributed by atoms with Gasteiger partial charge in [-0.15, -0.1) is 0 Å². The monoisotopic (exact) mass is 518 g/mol. The molecule has 3 heterocycles. The Balaban J connectivity index is 1.32. The average molecular weight is 519 g/mol. The second-order valence-corrected chi connectivity index (χ2v) is 9.54. The molecular formula is C28H27ClN4O4. The van der Waals surface area contributed by atoms with Crippen LogP contribution in [0.3, 0.4) is 0 Å². The summed E-state index contributed by atoms with van der Waals surface area (Å²) in [5.41, 5.74) is 4.24. The molecule has 190 valence electrons. The van der Waals surface area contributed by atoms with Gasteiger partial charge < -0.3 is 20.5 Å². The molecule has 0 saturated carbocycles. The minimum absolute atomic E-state index is 0.00733. The van der Waals surface area contributed by atoms with Gasteiger partial charge in [0, 0.05) is 29.1 Å². The van der Waals surface area contributed by atoms with Gasteiger partial charge in [0.2, 0.25) is 11.7 Å². The first-order chi connectivity index (χ1) is 18.0. The van der Waals surface area contributed by atoms with Crippen LogP contribution in [-0.2, 0) is 16.0 Å². The van der Waals surface area contributed by atoms with Crippen LogP contribution in [-0.4, -0.2) is 60.1 Å². The number of nitrogens with one attached hydrogen (secondary N) is 2. The van der Waals surface area contributed by atoms with Crippen molar-refractivity contribution in [3.05, 3.63) is 88.2 Å². The lowest BCUT2D eigenvalue weighted by atomic mass is 9.95. The molecule has 5 rings (SSSR count). The molecule has 0 radical (unpaired) electrons. The van der Waals surface area contributed by atoms with Gasteiger partial charge in [-0.3, -0.25) is 19.6 Å². The fourth-order valence-corrected chi connectivity index (χ4v) is 4.84. The van der Waals surface area contributed by atoms with E-state index in [4.69, 9.17) is 16.3 Å². The molecule has 0 aromatic heterocycles. The Kier molecular flexibility index (Phi) is 7.60. The van der Waals surface area contributed by atoms with Gasteiger partial charge in [0.05, 0.1) is 48.7 Å². The van der Waals surface area contributed by atoms with Crippen molar-refractivity contribution in [2.75, 3.05) is 25.1 Å². The number of amides is 1. The van der Waals surface area contributed by atoms with Gasteiger partial charge in [0.1, 0.15) is 5.71 Å². The number of carbonyl (C=O) groups excluding carboxylic acids is 2. The van der Waals surface area contributed by atoms with E-state index >= 15 is 0 Å². The normalized spacial score (nSPS) is 20.7. The first-order valence-corrected chi connectivity index (χ1v) is 12.6. The van der Waals surface area contributed by atoms with E-state index in [1.54, 1.807) is 24.4 Å². The standard InChI is InChI=1S/C28H27ClN4O4/c29-23-13-18(32-25(35)12-17-4-2-1-3-5-17)7-9-21(23)28(36)27-26(22-10-11-30-24(22)14-31-27)33-19-6-8-20(15-34)37-16-19/h1-5,7,9-11,13,19-20,33-34H,6,8,12,14-16H2,(H,32,35)/t19-,20-/m1/s1. The maximum absolute atomic E-state index is 13.6. The third-order valence-electron chi connectivity index (χ3n) is 6.52. The van der Waals surface area contributed by atoms with Gasteiger partial charge in [-0.2, -0.15) is 0 Å². The van der Waals surface area contributed by atoms with E-state index in [1.807, 2.05) is 36.4 Å². The van der Waals surface area contributed by atoms with Gasteiger partial charge in [0.15, 0.2) is 0 Å². The highest BCUT2D eigenvalue weighted by Gasteiger charge is 2.31. The summed E-state index contributed by atoms with van der Waals surface area (Å²) in [6, 6.07) is 14.3. The number of anilines is 1. The number of hydrogen-bond donors (Lipinski definition) is 3. The minimum Gasteiger partial charge on any atom is -0.394 e. The largest absolute Gasteiger partial charge is 0.394 e. The van der Waals surface area contributed by atoms with Gasteiger partial charge in [0.25, 0.3) is 0 Å². The SMILES string of the molecule is O=C(Cc1ccccc1)Nc1ccc(C(=O)C2=NCC3=NC=CC3=C2N[C@@H]2CC[C@H](CO)OC2)c(Cl)c1. The predicted octanol–water partition coefficient (Wildman–Crippen LogP) is 3.51. The second-order valence-electron chi connectivity index (χ2n) is 9.14. The van der Waals surface area contributed by atoms with Crippen molar-refractivity contribution in [1.29, 1.82) is 0 Å². The van der Waals surface area contributed by atoms with Crippen LogP contribution >= 0.6 is 11.6 Å². The highest BCUT2D eigenvalue weighted by Crippen LogP contribution is 2.27. The maximum atomic E-state index is 13.6. The highest BCUT2D eigenvalue weighted by atomic mass is 35.5. The van der Waals surface area contributed by atoms with Gasteiger partial charge in [-0.1, -0.05) is 41.9 Å². The number of aliphatic hydroxyl groups excluding tert-OH is 1. The Labute approximate surface area is 219 Å². The Morgan fingerprint density at radius 1 is 1.14 bits per heavy atom. The number of ether oxygens (including phenoxy) is 1. The lowest BCUT2D eigenvalue weighted by molar-refractivity contribution is -0.115. The number of nitrogens with zero attached hydrogens (tertiary/aromatic N) is 2. The third kappa shape index (κ3) is 5.72. The van der Waals surface area contributed by atoms with Crippen LogP contribution in [0.5, 0.6) is 0 Å². The molecule has 2 aromatic rings. The molecule has 3 N–H and O–H groups in total. The van der Waals surface area contributed by atoms with Crippen molar-refractivity contribution >= 4 is 40.4 Å². The van der Waals surface area contributed by atoms with Crippen molar-refractivity contribution in [2.45, 2.75) is 31.4 Å². The van der Waals surface area contributed by atoms with E-state index in [9.17, 15) is 14.7 Å². The molecule has 2 aromatic carbocycles. The summed E-state index contributed by atoms with van der Waals surface area (Å²) in [5.74, 6) is -0.487. The molecule has 1 saturated heterocycles. The summed E-state index contributed by atoms with van der Waals surface area (Å²) in [7, 11) is 0. The zero-order chi connectivity index (χ0) is 25.8. The topological polar surface area (TPSA) is 112 Å². The summed E-state index contributed by atoms with van der Waals surface area (Å²) in [6.45, 7) is 0.706. The Morgan fingerprint density at radius 3 is 2.70 bits per heavy atom. The van der Waals surface area contributed by atoms with Gasteiger partial charge >= 0.3 is 0 Å². The molecule has 0 bridgehead atoms. The second kappa shape index (κ2) is 11.2. The van der Waals surface area contributed by atoms with Crippen LogP contribution in [0, 0.1) is 0 Å². The molecular weight excluding hydrogens is 492 g/mol. The van der Waals surface area contributed by atoms with E-state index in [-0.39, 0.29) is 47.6 Å². The molecule has 1 amide bonds. The maximum Gasteiger partial charge on any atom is 0.228 e. The number of carbonyl (C=O) groups is 2. The fraction of sp³-hybridized carbons (Fsp3) is 0.286. The summed E-state index contributed by atoms with van der Waals surface area (Å²) in [6.07, 6.45) is 5.15. The highest BCUT2D eigenvalue weighted by molar-refractivity contribution is 6.55. The molecule has 37 heavy (non-hydrogen) atoms. The number of Topliss-reactive ketones (excluding diaryl/α,β-unsaturated/α-hetero) is 1. The third-order valence-corrected chi connectivity index (χ3v) is 6.83. The molecule has 3 aliphatic rings. The molecule has 1 fully saturated rings. The number of aliphatic hydroxyl groups is 1. The van der Waals surface area contributed by atoms with Gasteiger partial charge in [-0.05, 0) is 42.7 Å². The van der Waals surface area contributed by atoms with E-state index in [2.05, 4.69) is 20.6 Å². The lowest BCUT2D eigenvalue weighted by Crippen LogP contribution is -2.44. The number of dihydropyridines is 1. The number of ketones is 1. The zero-order valence-electron chi connectivity index (χ0n) is 20.1. The van der Waals surface area contributed by atoms with Crippen molar-refractivity contribution < 1.29 is 19.4 Å². The quantitative estimate of drug-likeness (QED) is 0.463. The van der Waals surface area contributed by atoms with Crippen molar-refractivity contribution in [3.63, 3.8) is 0 Å². The Morgan fingerprint density at radius 2 is 1.97 bits per heavy atom. The van der Waals surface area contributed by atoms with Crippen molar-refractivity contribution in [2.24, 2.45) is 9.98 Å². The van der Waals surface area contributed by atoms with E-state index < -0.39 is 0 Å². The number of fused-ring (bicyclic) bond motifs is 1. The van der Waals surface area contributed by atoms with E-state index in [0.29, 0.717) is 30.1 Å². The Hall–Kier alpha value is -3.59. The van der Waals surface area contributed by atoms with Crippen molar-refractivity contribution in [3.8, 4) is 0 Å². The molecule has 9 heteroatoms. The molecule has 8 nitrogen and oxygen atoms in total. The lowest BCUT2D eigenvalue weighted by Gasteiger charge is -2.31. The van der Waals surface area contributed by atoms with Crippen LogP contribution in [0.1, 0.15) is 28.8 Å². The summed E-state index contributed by atoms with van der Waals surface area (Å²) < 4.78 is 5.71. The number of halogens is 1. The van der Waals surface area contributed by atoms with Crippen LogP contribution in [0.25, 0.3) is 0 Å². The van der Waals surface area contributed by atoms with Crippen LogP contribution in [0.4, 0.5) is 5.69 Å². The van der Waals surface area contributed by atoms with Crippen LogP contribution < -0.4 is 10.6 Å². The fourth-order valence-electron chi connectivity index (χ4n) is 4.57. The number of hydrogen-bond acceptors (Lipinski definition) is 7. The summed E-state index contributed by atoms with van der Waals surface area (Å²) in [4.78, 5) is 35.0. The first kappa shape index (κ1) is 25.1. The Bertz CT molecular complexity index is 1320. The summed E-state index contributed by atoms with van der Waals surface area (Å²) >= 11 is 6.53. The number of aliphatic imine (C=N–C) groups is 2. The number of allylic oxidation sites excluding steroid dienone is 2. The minimum atomic E-state index is -0.313. The van der Waals surface area contributed by atoms with Gasteiger partial charge in [-0.25, -0.2) is 0 Å². The molecule has 2 atom stereocenters. The molecule has 0 aliphatic carbocycles. The number of benzene rings is 2. The number of rotatable bonds is 8. The average Bonchev–Trinajstić information content (AvgIpc) is 3.39. The molecule has 3 aliphatic heterocycles. The van der Waals surface area contributed by atoms with Crippen molar-refractivity contribution in [1.82, 2.24) is 5.32 Å². The van der Waals surface area contributed by atoms with Crippen LogP contribution in [0.2, 0.25) is 5.02 Å². The van der Waals surface area contributed by atoms with E-state index in [0.717, 1.165) is 29.7 Å². The first-order valence-electron chi connectivity index (χ1n) is 12.2. The van der Waals surface area contributed by atoms with Crippen LogP contribution in [0.15, 0.2) is 82.1 Å². The summed E-state index contributed by atoms with van der Waals surface area (Å²) in [5, 5.41) is 15.8. The zero-order valence-corrected chi connectivity index (χ0v) is 20.9.